The Kier molecular flexibility index (Phi) is 6.48. The number of nitrogens with one attached hydrogen (secondary N) is 1. The molecule has 0 aliphatic heterocycles. The van der Waals surface area contributed by atoms with Crippen LogP contribution < -0.4 is 5.32 Å². The van der Waals surface area contributed by atoms with Crippen LogP contribution in [-0.4, -0.2) is 12.5 Å². The van der Waals surface area contributed by atoms with Crippen molar-refractivity contribution in [3.05, 3.63) is 35.4 Å². The van der Waals surface area contributed by atoms with Crippen LogP contribution in [0.5, 0.6) is 0 Å². The van der Waals surface area contributed by atoms with Crippen LogP contribution in [-0.2, 0) is 17.6 Å². The molecule has 1 amide bonds. The molecule has 0 saturated carbocycles. The summed E-state index contributed by atoms with van der Waals surface area (Å²) in [6, 6.07) is 8.40. The van der Waals surface area contributed by atoms with E-state index >= 15 is 0 Å². The molecule has 0 fully saturated rings. The Morgan fingerprint density at radius 2 is 1.78 bits per heavy atom. The van der Waals surface area contributed by atoms with Gasteiger partial charge in [0.2, 0.25) is 5.91 Å². The molecule has 1 aromatic carbocycles. The number of amides is 1. The first kappa shape index (κ1) is 14.7. The van der Waals surface area contributed by atoms with Gasteiger partial charge < -0.3 is 5.32 Å². The van der Waals surface area contributed by atoms with Crippen LogP contribution in [0.2, 0.25) is 0 Å². The minimum atomic E-state index is 0.125. The Balaban J connectivity index is 2.40. The van der Waals surface area contributed by atoms with Gasteiger partial charge in [-0.3, -0.25) is 4.79 Å². The molecule has 100 valence electrons. The number of carbonyl (C=O) groups is 1. The quantitative estimate of drug-likeness (QED) is 0.736. The van der Waals surface area contributed by atoms with Crippen LogP contribution in [0, 0.1) is 5.92 Å². The first-order chi connectivity index (χ1) is 8.61. The average molecular weight is 247 g/mol. The van der Waals surface area contributed by atoms with E-state index in [1.165, 1.54) is 5.56 Å². The summed E-state index contributed by atoms with van der Waals surface area (Å²) in [5.41, 5.74) is 2.44. The lowest BCUT2D eigenvalue weighted by Crippen LogP contribution is -2.25. The van der Waals surface area contributed by atoms with Crippen molar-refractivity contribution >= 4 is 5.91 Å². The highest BCUT2D eigenvalue weighted by Crippen LogP contribution is 2.10. The standard InChI is InChI=1S/C16H25NO/c1-4-5-10-17-16(18)12-15-8-6-14(7-9-15)11-13(2)3/h6-9,13H,4-5,10-12H2,1-3H3,(H,17,18). The molecule has 2 heteroatoms. The van der Waals surface area contributed by atoms with Gasteiger partial charge in [0, 0.05) is 6.54 Å². The summed E-state index contributed by atoms with van der Waals surface area (Å²) in [5, 5.41) is 2.94. The first-order valence-electron chi connectivity index (χ1n) is 6.96. The van der Waals surface area contributed by atoms with E-state index in [0.29, 0.717) is 12.3 Å². The molecule has 0 spiro atoms. The maximum absolute atomic E-state index is 11.6. The number of hydrogen-bond acceptors (Lipinski definition) is 1. The smallest absolute Gasteiger partial charge is 0.224 e. The van der Waals surface area contributed by atoms with Gasteiger partial charge in [0.15, 0.2) is 0 Å². The first-order valence-corrected chi connectivity index (χ1v) is 6.96. The highest BCUT2D eigenvalue weighted by atomic mass is 16.1. The Hall–Kier alpha value is -1.31. The summed E-state index contributed by atoms with van der Waals surface area (Å²) in [6.07, 6.45) is 3.76. The van der Waals surface area contributed by atoms with Crippen molar-refractivity contribution in [2.24, 2.45) is 5.92 Å². The summed E-state index contributed by atoms with van der Waals surface area (Å²) in [5.74, 6) is 0.799. The van der Waals surface area contributed by atoms with Crippen molar-refractivity contribution in [2.75, 3.05) is 6.54 Å². The van der Waals surface area contributed by atoms with Crippen LogP contribution in [0.1, 0.15) is 44.7 Å². The van der Waals surface area contributed by atoms with Gasteiger partial charge in [-0.1, -0.05) is 51.5 Å². The Morgan fingerprint density at radius 1 is 1.17 bits per heavy atom. The van der Waals surface area contributed by atoms with Gasteiger partial charge in [0.05, 0.1) is 6.42 Å². The predicted molar refractivity (Wildman–Crippen MR) is 76.6 cm³/mol. The van der Waals surface area contributed by atoms with Crippen LogP contribution in [0.25, 0.3) is 0 Å². The molecule has 0 heterocycles. The van der Waals surface area contributed by atoms with Gasteiger partial charge in [-0.25, -0.2) is 0 Å². The third kappa shape index (κ3) is 5.85. The van der Waals surface area contributed by atoms with E-state index in [2.05, 4.69) is 50.4 Å². The fraction of sp³-hybridized carbons (Fsp3) is 0.562. The maximum Gasteiger partial charge on any atom is 0.224 e. The van der Waals surface area contributed by atoms with Crippen LogP contribution >= 0.6 is 0 Å². The lowest BCUT2D eigenvalue weighted by Gasteiger charge is -2.07. The van der Waals surface area contributed by atoms with E-state index < -0.39 is 0 Å². The van der Waals surface area contributed by atoms with Gasteiger partial charge in [0.1, 0.15) is 0 Å². The molecule has 0 aromatic heterocycles. The topological polar surface area (TPSA) is 29.1 Å². The van der Waals surface area contributed by atoms with Gasteiger partial charge in [-0.2, -0.15) is 0 Å². The van der Waals surface area contributed by atoms with Crippen LogP contribution in [0.15, 0.2) is 24.3 Å². The molecule has 1 aromatic rings. The van der Waals surface area contributed by atoms with Crippen LogP contribution in [0.3, 0.4) is 0 Å². The third-order valence-corrected chi connectivity index (χ3v) is 2.88. The van der Waals surface area contributed by atoms with Crippen molar-refractivity contribution in [1.82, 2.24) is 5.32 Å². The normalized spacial score (nSPS) is 10.7. The molecule has 18 heavy (non-hydrogen) atoms. The molecule has 1 N–H and O–H groups in total. The number of unbranched alkanes of at least 4 members (excludes halogenated alkanes) is 1. The zero-order chi connectivity index (χ0) is 13.4. The van der Waals surface area contributed by atoms with E-state index in [9.17, 15) is 4.79 Å². The third-order valence-electron chi connectivity index (χ3n) is 2.88. The molecule has 0 radical (unpaired) electrons. The number of carbonyl (C=O) groups excluding carboxylic acids is 1. The molecular weight excluding hydrogens is 222 g/mol. The Bertz CT molecular complexity index is 354. The molecule has 1 rings (SSSR count). The number of benzene rings is 1. The van der Waals surface area contributed by atoms with Gasteiger partial charge in [-0.15, -0.1) is 0 Å². The molecule has 0 aliphatic carbocycles. The number of rotatable bonds is 7. The highest BCUT2D eigenvalue weighted by Gasteiger charge is 2.03. The lowest BCUT2D eigenvalue weighted by atomic mass is 10.0. The van der Waals surface area contributed by atoms with E-state index in [1.807, 2.05) is 0 Å². The van der Waals surface area contributed by atoms with E-state index in [4.69, 9.17) is 0 Å². The summed E-state index contributed by atoms with van der Waals surface area (Å²) in [4.78, 5) is 11.6. The lowest BCUT2D eigenvalue weighted by molar-refractivity contribution is -0.120. The molecule has 0 saturated heterocycles. The minimum Gasteiger partial charge on any atom is -0.356 e. The minimum absolute atomic E-state index is 0.125. The average Bonchev–Trinajstić information content (AvgIpc) is 2.31. The summed E-state index contributed by atoms with van der Waals surface area (Å²) >= 11 is 0. The van der Waals surface area contributed by atoms with Gasteiger partial charge >= 0.3 is 0 Å². The van der Waals surface area contributed by atoms with Crippen molar-refractivity contribution in [3.8, 4) is 0 Å². The van der Waals surface area contributed by atoms with Crippen molar-refractivity contribution in [2.45, 2.75) is 46.5 Å². The molecule has 0 aliphatic rings. The van der Waals surface area contributed by atoms with Gasteiger partial charge in [-0.05, 0) is 29.9 Å². The molecular formula is C16H25NO. The maximum atomic E-state index is 11.6. The van der Waals surface area contributed by atoms with Crippen molar-refractivity contribution in [1.29, 1.82) is 0 Å². The fourth-order valence-corrected chi connectivity index (χ4v) is 1.92. The Morgan fingerprint density at radius 3 is 2.33 bits per heavy atom. The zero-order valence-electron chi connectivity index (χ0n) is 11.8. The van der Waals surface area contributed by atoms with Gasteiger partial charge in [0.25, 0.3) is 0 Å². The molecule has 0 atom stereocenters. The monoisotopic (exact) mass is 247 g/mol. The highest BCUT2D eigenvalue weighted by molar-refractivity contribution is 5.78. The predicted octanol–water partition coefficient (Wildman–Crippen LogP) is 3.34. The fourth-order valence-electron chi connectivity index (χ4n) is 1.92. The van der Waals surface area contributed by atoms with E-state index in [1.54, 1.807) is 0 Å². The summed E-state index contributed by atoms with van der Waals surface area (Å²) in [6.45, 7) is 7.35. The largest absolute Gasteiger partial charge is 0.356 e. The molecule has 2 nitrogen and oxygen atoms in total. The SMILES string of the molecule is CCCCNC(=O)Cc1ccc(CC(C)C)cc1. The van der Waals surface area contributed by atoms with Crippen LogP contribution in [0.4, 0.5) is 0 Å². The van der Waals surface area contributed by atoms with Crippen molar-refractivity contribution < 1.29 is 4.79 Å². The second-order valence-corrected chi connectivity index (χ2v) is 5.29. The molecule has 0 unspecified atom stereocenters. The second-order valence-electron chi connectivity index (χ2n) is 5.29. The Labute approximate surface area is 111 Å². The zero-order valence-corrected chi connectivity index (χ0v) is 11.8. The van der Waals surface area contributed by atoms with E-state index in [0.717, 1.165) is 31.4 Å². The second kappa shape index (κ2) is 7.91. The summed E-state index contributed by atoms with van der Waals surface area (Å²) in [7, 11) is 0. The van der Waals surface area contributed by atoms with E-state index in [-0.39, 0.29) is 5.91 Å². The molecule has 0 bridgehead atoms. The summed E-state index contributed by atoms with van der Waals surface area (Å²) < 4.78 is 0. The number of hydrogen-bond donors (Lipinski definition) is 1. The van der Waals surface area contributed by atoms with Crippen molar-refractivity contribution in [3.63, 3.8) is 0 Å².